The smallest absolute Gasteiger partial charge is 0.255 e. The molecule has 5 heteroatoms. The minimum atomic E-state index is -0.198. The van der Waals surface area contributed by atoms with Crippen LogP contribution < -0.4 is 5.56 Å². The molecule has 0 radical (unpaired) electrons. The molecule has 2 rings (SSSR count). The van der Waals surface area contributed by atoms with Gasteiger partial charge in [0.1, 0.15) is 5.69 Å². The highest BCUT2D eigenvalue weighted by Crippen LogP contribution is 2.17. The van der Waals surface area contributed by atoms with Gasteiger partial charge < -0.3 is 5.11 Å². The van der Waals surface area contributed by atoms with Crippen LogP contribution in [0.1, 0.15) is 0 Å². The summed E-state index contributed by atoms with van der Waals surface area (Å²) in [4.78, 5) is 11.4. The lowest BCUT2D eigenvalue weighted by atomic mass is 10.4. The van der Waals surface area contributed by atoms with Crippen molar-refractivity contribution in [2.45, 2.75) is 0 Å². The van der Waals surface area contributed by atoms with E-state index < -0.39 is 0 Å². The van der Waals surface area contributed by atoms with Gasteiger partial charge >= 0.3 is 0 Å². The number of nitrogens with zero attached hydrogens (tertiary/aromatic N) is 3. The lowest BCUT2D eigenvalue weighted by Gasteiger charge is -2.01. The number of aromatic hydroxyl groups is 1. The van der Waals surface area contributed by atoms with Crippen molar-refractivity contribution < 1.29 is 5.11 Å². The standard InChI is InChI=1S/C9H9N3O2/c1-11-9(14)7(6-10-11)12-5-3-2-4-8(12)13/h2-6,14H,1H3. The van der Waals surface area contributed by atoms with Crippen LogP contribution in [0, 0.1) is 0 Å². The highest BCUT2D eigenvalue weighted by molar-refractivity contribution is 5.39. The van der Waals surface area contributed by atoms with E-state index >= 15 is 0 Å². The zero-order chi connectivity index (χ0) is 10.1. The fraction of sp³-hybridized carbons (Fsp3) is 0.111. The van der Waals surface area contributed by atoms with E-state index in [-0.39, 0.29) is 11.4 Å². The lowest BCUT2D eigenvalue weighted by Crippen LogP contribution is -2.15. The molecule has 0 bridgehead atoms. The first-order valence-corrected chi connectivity index (χ1v) is 4.09. The van der Waals surface area contributed by atoms with Crippen molar-refractivity contribution in [1.29, 1.82) is 0 Å². The van der Waals surface area contributed by atoms with Crippen LogP contribution in [0.2, 0.25) is 0 Å². The first kappa shape index (κ1) is 8.55. The van der Waals surface area contributed by atoms with Crippen molar-refractivity contribution in [3.63, 3.8) is 0 Å². The number of aromatic nitrogens is 3. The Morgan fingerprint density at radius 3 is 2.79 bits per heavy atom. The molecule has 72 valence electrons. The summed E-state index contributed by atoms with van der Waals surface area (Å²) >= 11 is 0. The van der Waals surface area contributed by atoms with Crippen LogP contribution in [0.5, 0.6) is 5.88 Å². The Kier molecular flexibility index (Phi) is 1.85. The molecule has 0 aliphatic rings. The molecular formula is C9H9N3O2. The zero-order valence-corrected chi connectivity index (χ0v) is 7.58. The fourth-order valence-electron chi connectivity index (χ4n) is 1.22. The molecule has 0 saturated carbocycles. The molecule has 0 unspecified atom stereocenters. The first-order valence-electron chi connectivity index (χ1n) is 4.09. The van der Waals surface area contributed by atoms with Gasteiger partial charge in [-0.25, -0.2) is 4.68 Å². The van der Waals surface area contributed by atoms with Crippen molar-refractivity contribution in [2.24, 2.45) is 7.05 Å². The normalized spacial score (nSPS) is 10.4. The van der Waals surface area contributed by atoms with Crippen molar-refractivity contribution in [3.05, 3.63) is 40.9 Å². The maximum atomic E-state index is 11.4. The number of pyridine rings is 1. The Bertz CT molecular complexity index is 513. The van der Waals surface area contributed by atoms with E-state index in [9.17, 15) is 9.90 Å². The molecule has 0 saturated heterocycles. The third-order valence-electron chi connectivity index (χ3n) is 1.97. The van der Waals surface area contributed by atoms with E-state index in [1.807, 2.05) is 0 Å². The molecule has 0 aromatic carbocycles. The summed E-state index contributed by atoms with van der Waals surface area (Å²) < 4.78 is 2.64. The van der Waals surface area contributed by atoms with Crippen LogP contribution in [0.4, 0.5) is 0 Å². The minimum absolute atomic E-state index is 0.0294. The average Bonchev–Trinajstić information content (AvgIpc) is 2.49. The topological polar surface area (TPSA) is 60.0 Å². The second kappa shape index (κ2) is 3.02. The number of rotatable bonds is 1. The van der Waals surface area contributed by atoms with Crippen LogP contribution in [0.25, 0.3) is 5.69 Å². The van der Waals surface area contributed by atoms with E-state index in [1.165, 1.54) is 21.5 Å². The molecule has 0 atom stereocenters. The van der Waals surface area contributed by atoms with Gasteiger partial charge in [-0.15, -0.1) is 0 Å². The Hall–Kier alpha value is -2.04. The van der Waals surface area contributed by atoms with Gasteiger partial charge in [0.2, 0.25) is 5.88 Å². The first-order chi connectivity index (χ1) is 6.70. The van der Waals surface area contributed by atoms with E-state index in [4.69, 9.17) is 0 Å². The molecule has 14 heavy (non-hydrogen) atoms. The second-order valence-corrected chi connectivity index (χ2v) is 2.89. The van der Waals surface area contributed by atoms with Gasteiger partial charge in [-0.3, -0.25) is 9.36 Å². The van der Waals surface area contributed by atoms with E-state index in [0.29, 0.717) is 5.69 Å². The van der Waals surface area contributed by atoms with Crippen molar-refractivity contribution in [1.82, 2.24) is 14.3 Å². The quantitative estimate of drug-likeness (QED) is 0.704. The van der Waals surface area contributed by atoms with Gasteiger partial charge in [-0.1, -0.05) is 6.07 Å². The van der Waals surface area contributed by atoms with Crippen LogP contribution in [-0.4, -0.2) is 19.5 Å². The van der Waals surface area contributed by atoms with Gasteiger partial charge in [0.25, 0.3) is 5.56 Å². The maximum absolute atomic E-state index is 11.4. The summed E-state index contributed by atoms with van der Waals surface area (Å²) in [7, 11) is 1.60. The predicted octanol–water partition coefficient (Wildman–Crippen LogP) is 0.277. The molecule has 1 N–H and O–H groups in total. The molecule has 0 fully saturated rings. The van der Waals surface area contributed by atoms with Gasteiger partial charge in [0, 0.05) is 19.3 Å². The van der Waals surface area contributed by atoms with Crippen molar-refractivity contribution in [2.75, 3.05) is 0 Å². The molecule has 0 amide bonds. The number of aryl methyl sites for hydroxylation is 1. The van der Waals surface area contributed by atoms with Crippen molar-refractivity contribution in [3.8, 4) is 11.6 Å². The maximum Gasteiger partial charge on any atom is 0.255 e. The van der Waals surface area contributed by atoms with E-state index in [1.54, 1.807) is 25.4 Å². The summed E-state index contributed by atoms with van der Waals surface area (Å²) in [5, 5.41) is 13.4. The highest BCUT2D eigenvalue weighted by atomic mass is 16.3. The van der Waals surface area contributed by atoms with Crippen LogP contribution in [0.15, 0.2) is 35.4 Å². The Labute approximate surface area is 79.8 Å². The molecule has 2 aromatic rings. The van der Waals surface area contributed by atoms with Crippen LogP contribution >= 0.6 is 0 Å². The molecule has 2 aromatic heterocycles. The average molecular weight is 191 g/mol. The van der Waals surface area contributed by atoms with Gasteiger partial charge in [0.05, 0.1) is 6.20 Å². The Morgan fingerprint density at radius 1 is 1.43 bits per heavy atom. The fourth-order valence-corrected chi connectivity index (χ4v) is 1.22. The third-order valence-corrected chi connectivity index (χ3v) is 1.97. The second-order valence-electron chi connectivity index (χ2n) is 2.89. The summed E-state index contributed by atoms with van der Waals surface area (Å²) in [6.07, 6.45) is 3.02. The van der Waals surface area contributed by atoms with Crippen molar-refractivity contribution >= 4 is 0 Å². The summed E-state index contributed by atoms with van der Waals surface area (Å²) in [6, 6.07) is 4.78. The molecule has 0 spiro atoms. The van der Waals surface area contributed by atoms with Gasteiger partial charge in [-0.05, 0) is 6.07 Å². The molecule has 2 heterocycles. The van der Waals surface area contributed by atoms with E-state index in [0.717, 1.165) is 0 Å². The largest absolute Gasteiger partial charge is 0.492 e. The van der Waals surface area contributed by atoms with E-state index in [2.05, 4.69) is 5.10 Å². The number of hydrogen-bond donors (Lipinski definition) is 1. The molecule has 0 aliphatic heterocycles. The third kappa shape index (κ3) is 1.19. The summed E-state index contributed by atoms with van der Waals surface area (Å²) in [6.45, 7) is 0. The monoisotopic (exact) mass is 191 g/mol. The lowest BCUT2D eigenvalue weighted by molar-refractivity contribution is 0.417. The molecular weight excluding hydrogens is 182 g/mol. The van der Waals surface area contributed by atoms with Crippen LogP contribution in [0.3, 0.4) is 0 Å². The van der Waals surface area contributed by atoms with Gasteiger partial charge in [0.15, 0.2) is 0 Å². The Balaban J connectivity index is 2.67. The molecule has 0 aliphatic carbocycles. The zero-order valence-electron chi connectivity index (χ0n) is 7.58. The Morgan fingerprint density at radius 2 is 2.21 bits per heavy atom. The highest BCUT2D eigenvalue weighted by Gasteiger charge is 2.08. The van der Waals surface area contributed by atoms with Crippen LogP contribution in [-0.2, 0) is 7.05 Å². The minimum Gasteiger partial charge on any atom is -0.492 e. The molecule has 5 nitrogen and oxygen atoms in total. The summed E-state index contributed by atoms with van der Waals surface area (Å²) in [5.41, 5.74) is 0.189. The SMILES string of the molecule is Cn1ncc(-n2ccccc2=O)c1O. The summed E-state index contributed by atoms with van der Waals surface area (Å²) in [5.74, 6) is -0.0294. The van der Waals surface area contributed by atoms with Gasteiger partial charge in [-0.2, -0.15) is 5.10 Å². The predicted molar refractivity (Wildman–Crippen MR) is 50.5 cm³/mol. The number of hydrogen-bond acceptors (Lipinski definition) is 3.